The van der Waals surface area contributed by atoms with Crippen LogP contribution < -0.4 is 10.5 Å². The van der Waals surface area contributed by atoms with Crippen molar-refractivity contribution < 1.29 is 26.4 Å². The molecule has 3 N–H and O–H groups in total. The summed E-state index contributed by atoms with van der Waals surface area (Å²) in [6.07, 6.45) is -4.60. The van der Waals surface area contributed by atoms with Crippen molar-refractivity contribution in [3.63, 3.8) is 0 Å². The number of hydrogen-bond acceptors (Lipinski definition) is 4. The molecule has 11 heteroatoms. The SMILES string of the molecule is Cc1cc(S(N)(=O)=O)cc(NC(=O)CSc2ccc(Cl)c(C(F)(F)F)c2)c1C. The lowest BCUT2D eigenvalue weighted by atomic mass is 10.1. The molecule has 0 heterocycles. The van der Waals surface area contributed by atoms with E-state index in [1.54, 1.807) is 13.8 Å². The van der Waals surface area contributed by atoms with Gasteiger partial charge in [0.05, 0.1) is 21.2 Å². The zero-order chi connectivity index (χ0) is 21.3. The Hall–Kier alpha value is -1.75. The summed E-state index contributed by atoms with van der Waals surface area (Å²) in [4.78, 5) is 12.3. The van der Waals surface area contributed by atoms with Crippen LogP contribution in [0.4, 0.5) is 18.9 Å². The number of thioether (sulfide) groups is 1. The summed E-state index contributed by atoms with van der Waals surface area (Å²) in [5.74, 6) is -0.695. The number of amides is 1. The summed E-state index contributed by atoms with van der Waals surface area (Å²) >= 11 is 6.46. The predicted octanol–water partition coefficient (Wildman–Crippen LogP) is 4.35. The number of primary sulfonamides is 1. The maximum atomic E-state index is 12.9. The lowest BCUT2D eigenvalue weighted by Crippen LogP contribution is -2.17. The maximum absolute atomic E-state index is 12.9. The molecule has 152 valence electrons. The van der Waals surface area contributed by atoms with E-state index in [2.05, 4.69) is 5.32 Å². The molecule has 0 saturated heterocycles. The number of halogens is 4. The average Bonchev–Trinajstić information content (AvgIpc) is 2.56. The third-order valence-electron chi connectivity index (χ3n) is 3.86. The van der Waals surface area contributed by atoms with Crippen molar-refractivity contribution in [2.75, 3.05) is 11.1 Å². The first kappa shape index (κ1) is 22.5. The summed E-state index contributed by atoms with van der Waals surface area (Å²) in [6, 6.07) is 6.00. The Morgan fingerprint density at radius 1 is 1.21 bits per heavy atom. The number of nitrogens with one attached hydrogen (secondary N) is 1. The van der Waals surface area contributed by atoms with Gasteiger partial charge in [-0.25, -0.2) is 13.6 Å². The predicted molar refractivity (Wildman–Crippen MR) is 103 cm³/mol. The fraction of sp³-hybridized carbons (Fsp3) is 0.235. The van der Waals surface area contributed by atoms with E-state index in [1.807, 2.05) is 0 Å². The number of aryl methyl sites for hydroxylation is 1. The molecule has 0 radical (unpaired) electrons. The number of hydrogen-bond donors (Lipinski definition) is 2. The molecule has 0 aliphatic carbocycles. The first-order valence-electron chi connectivity index (χ1n) is 7.72. The number of rotatable bonds is 5. The molecule has 0 fully saturated rings. The Morgan fingerprint density at radius 2 is 1.86 bits per heavy atom. The molecule has 0 bridgehead atoms. The van der Waals surface area contributed by atoms with Crippen LogP contribution in [-0.2, 0) is 21.0 Å². The van der Waals surface area contributed by atoms with Crippen LogP contribution in [0.2, 0.25) is 5.02 Å². The van der Waals surface area contributed by atoms with Gasteiger partial charge in [-0.05, 0) is 55.3 Å². The first-order chi connectivity index (χ1) is 12.8. The molecule has 2 aromatic carbocycles. The van der Waals surface area contributed by atoms with Crippen LogP contribution in [0.3, 0.4) is 0 Å². The highest BCUT2D eigenvalue weighted by molar-refractivity contribution is 8.00. The molecule has 2 aromatic rings. The van der Waals surface area contributed by atoms with Gasteiger partial charge in [0.25, 0.3) is 0 Å². The summed E-state index contributed by atoms with van der Waals surface area (Å²) in [5.41, 5.74) is 0.548. The van der Waals surface area contributed by atoms with Gasteiger partial charge < -0.3 is 5.32 Å². The number of alkyl halides is 3. The van der Waals surface area contributed by atoms with Crippen LogP contribution in [-0.4, -0.2) is 20.1 Å². The summed E-state index contributed by atoms with van der Waals surface area (Å²) in [5, 5.41) is 7.26. The van der Waals surface area contributed by atoms with E-state index in [1.165, 1.54) is 18.2 Å². The molecular weight excluding hydrogens is 437 g/mol. The van der Waals surface area contributed by atoms with Crippen molar-refractivity contribution >= 4 is 45.0 Å². The lowest BCUT2D eigenvalue weighted by molar-refractivity contribution is -0.137. The van der Waals surface area contributed by atoms with Crippen molar-refractivity contribution in [1.82, 2.24) is 0 Å². The molecule has 28 heavy (non-hydrogen) atoms. The van der Waals surface area contributed by atoms with E-state index in [9.17, 15) is 26.4 Å². The van der Waals surface area contributed by atoms with Crippen molar-refractivity contribution in [2.45, 2.75) is 29.8 Å². The normalized spacial score (nSPS) is 12.1. The van der Waals surface area contributed by atoms with E-state index >= 15 is 0 Å². The van der Waals surface area contributed by atoms with E-state index < -0.39 is 32.7 Å². The molecule has 0 aromatic heterocycles. The zero-order valence-corrected chi connectivity index (χ0v) is 17.1. The van der Waals surface area contributed by atoms with Gasteiger partial charge >= 0.3 is 6.18 Å². The van der Waals surface area contributed by atoms with Gasteiger partial charge in [-0.3, -0.25) is 4.79 Å². The van der Waals surface area contributed by atoms with Gasteiger partial charge in [0.1, 0.15) is 0 Å². The highest BCUT2D eigenvalue weighted by atomic mass is 35.5. The minimum absolute atomic E-state index is 0.147. The highest BCUT2D eigenvalue weighted by Gasteiger charge is 2.33. The Labute approximate surface area is 169 Å². The molecule has 2 rings (SSSR count). The smallest absolute Gasteiger partial charge is 0.325 e. The van der Waals surface area contributed by atoms with Gasteiger partial charge in [0, 0.05) is 10.6 Å². The maximum Gasteiger partial charge on any atom is 0.417 e. The second-order valence-electron chi connectivity index (χ2n) is 5.93. The minimum atomic E-state index is -4.60. The van der Waals surface area contributed by atoms with Crippen LogP contribution in [0.15, 0.2) is 40.1 Å². The third kappa shape index (κ3) is 5.63. The molecule has 0 aliphatic heterocycles. The average molecular weight is 453 g/mol. The monoisotopic (exact) mass is 452 g/mol. The van der Waals surface area contributed by atoms with Crippen molar-refractivity contribution in [1.29, 1.82) is 0 Å². The standard InChI is InChI=1S/C17H16ClF3N2O3S2/c1-9-5-12(28(22,25)26)7-15(10(9)2)23-16(24)8-27-11-3-4-14(18)13(6-11)17(19,20)21/h3-7H,8H2,1-2H3,(H,23,24)(H2,22,25,26). The van der Waals surface area contributed by atoms with Crippen LogP contribution >= 0.6 is 23.4 Å². The highest BCUT2D eigenvalue weighted by Crippen LogP contribution is 2.37. The molecule has 0 atom stereocenters. The summed E-state index contributed by atoms with van der Waals surface area (Å²) < 4.78 is 61.8. The largest absolute Gasteiger partial charge is 0.417 e. The molecule has 0 unspecified atom stereocenters. The number of benzene rings is 2. The number of anilines is 1. The Balaban J connectivity index is 2.15. The first-order valence-corrected chi connectivity index (χ1v) is 10.6. The fourth-order valence-electron chi connectivity index (χ4n) is 2.27. The second kappa shape index (κ2) is 8.32. The van der Waals surface area contributed by atoms with Crippen LogP contribution in [0.25, 0.3) is 0 Å². The number of carbonyl (C=O) groups excluding carboxylic acids is 1. The van der Waals surface area contributed by atoms with Crippen molar-refractivity contribution in [3.05, 3.63) is 52.0 Å². The van der Waals surface area contributed by atoms with Gasteiger partial charge in [-0.1, -0.05) is 11.6 Å². The van der Waals surface area contributed by atoms with Crippen molar-refractivity contribution in [2.24, 2.45) is 5.14 Å². The van der Waals surface area contributed by atoms with Crippen LogP contribution in [0, 0.1) is 13.8 Å². The molecule has 0 aliphatic rings. The van der Waals surface area contributed by atoms with Gasteiger partial charge in [0.15, 0.2) is 0 Å². The number of carbonyl (C=O) groups is 1. The van der Waals surface area contributed by atoms with Gasteiger partial charge in [0.2, 0.25) is 15.9 Å². The topological polar surface area (TPSA) is 89.3 Å². The summed E-state index contributed by atoms with van der Waals surface area (Å²) in [7, 11) is -3.95. The van der Waals surface area contributed by atoms with E-state index in [0.717, 1.165) is 23.9 Å². The molecule has 0 saturated carbocycles. The quantitative estimate of drug-likeness (QED) is 0.660. The fourth-order valence-corrected chi connectivity index (χ4v) is 3.85. The Morgan fingerprint density at radius 3 is 2.43 bits per heavy atom. The second-order valence-corrected chi connectivity index (χ2v) is 8.95. The Bertz CT molecular complexity index is 1030. The van der Waals surface area contributed by atoms with Gasteiger partial charge in [-0.15, -0.1) is 11.8 Å². The third-order valence-corrected chi connectivity index (χ3v) is 6.07. The molecule has 0 spiro atoms. The van der Waals surface area contributed by atoms with Gasteiger partial charge in [-0.2, -0.15) is 13.2 Å². The minimum Gasteiger partial charge on any atom is -0.325 e. The number of sulfonamides is 1. The molecular formula is C17H16ClF3N2O3S2. The van der Waals surface area contributed by atoms with E-state index in [4.69, 9.17) is 16.7 Å². The number of nitrogens with two attached hydrogens (primary N) is 1. The zero-order valence-electron chi connectivity index (χ0n) is 14.7. The lowest BCUT2D eigenvalue weighted by Gasteiger charge is -2.13. The van der Waals surface area contributed by atoms with E-state index in [-0.39, 0.29) is 21.2 Å². The summed E-state index contributed by atoms with van der Waals surface area (Å²) in [6.45, 7) is 3.36. The van der Waals surface area contributed by atoms with Crippen molar-refractivity contribution in [3.8, 4) is 0 Å². The molecule has 1 amide bonds. The Kier molecular flexibility index (Phi) is 6.70. The van der Waals surface area contributed by atoms with Crippen LogP contribution in [0.1, 0.15) is 16.7 Å². The van der Waals surface area contributed by atoms with Crippen LogP contribution in [0.5, 0.6) is 0 Å². The molecule has 5 nitrogen and oxygen atoms in total. The van der Waals surface area contributed by atoms with E-state index in [0.29, 0.717) is 11.1 Å².